The van der Waals surface area contributed by atoms with E-state index in [-0.39, 0.29) is 12.6 Å². The van der Waals surface area contributed by atoms with E-state index in [1.807, 2.05) is 0 Å². The van der Waals surface area contributed by atoms with E-state index in [0.29, 0.717) is 19.6 Å². The molecule has 0 spiro atoms. The van der Waals surface area contributed by atoms with Crippen molar-refractivity contribution in [1.29, 1.82) is 0 Å². The molecule has 0 aromatic rings. The van der Waals surface area contributed by atoms with E-state index in [2.05, 4.69) is 13.8 Å². The van der Waals surface area contributed by atoms with Crippen LogP contribution in [-0.4, -0.2) is 37.0 Å². The van der Waals surface area contributed by atoms with Crippen molar-refractivity contribution >= 4 is 5.97 Å². The number of ether oxygens (including phenoxy) is 2. The van der Waals surface area contributed by atoms with E-state index in [1.54, 1.807) is 0 Å². The molecule has 0 bridgehead atoms. The number of carbonyl (C=O) groups is 1. The molecule has 0 aromatic heterocycles. The minimum Gasteiger partial charge on any atom is -0.457 e. The first-order valence-electron chi connectivity index (χ1n) is 25.1. The second kappa shape index (κ2) is 48.5. The number of aliphatic hydroxyl groups excluding tert-OH is 1. The SMILES string of the molecule is CCCCCCCCCCCCCCCCCCCCCCCOCC(CO)OC(=O)CCCCCCCCCCCCCCCCCCCCCCC. The maximum atomic E-state index is 12.3. The summed E-state index contributed by atoms with van der Waals surface area (Å²) in [5.74, 6) is -0.190. The lowest BCUT2D eigenvalue weighted by Gasteiger charge is -2.16. The molecule has 0 aliphatic carbocycles. The fourth-order valence-electron chi connectivity index (χ4n) is 7.92. The summed E-state index contributed by atoms with van der Waals surface area (Å²) in [6.07, 6.45) is 57.7. The number of hydrogen-bond donors (Lipinski definition) is 1. The summed E-state index contributed by atoms with van der Waals surface area (Å²) in [4.78, 5) is 12.3. The Bertz CT molecular complexity index is 682. The molecular weight excluding hydrogens is 665 g/mol. The van der Waals surface area contributed by atoms with Gasteiger partial charge in [0.2, 0.25) is 0 Å². The van der Waals surface area contributed by atoms with E-state index >= 15 is 0 Å². The van der Waals surface area contributed by atoms with Crippen LogP contribution in [0.2, 0.25) is 0 Å². The molecule has 0 saturated carbocycles. The summed E-state index contributed by atoms with van der Waals surface area (Å²) in [6, 6.07) is 0. The molecule has 1 atom stereocenters. The second-order valence-electron chi connectivity index (χ2n) is 17.3. The summed E-state index contributed by atoms with van der Waals surface area (Å²) in [6.45, 7) is 5.42. The van der Waals surface area contributed by atoms with Crippen LogP contribution < -0.4 is 0 Å². The molecule has 1 unspecified atom stereocenters. The Morgan fingerprint density at radius 2 is 0.611 bits per heavy atom. The summed E-state index contributed by atoms with van der Waals surface area (Å²) >= 11 is 0. The number of unbranched alkanes of at least 4 members (excludes halogenated alkanes) is 40. The van der Waals surface area contributed by atoms with Crippen LogP contribution in [0.3, 0.4) is 0 Å². The third kappa shape index (κ3) is 45.8. The maximum Gasteiger partial charge on any atom is 0.306 e. The van der Waals surface area contributed by atoms with Crippen LogP contribution in [0.5, 0.6) is 0 Å². The number of aliphatic hydroxyl groups is 1. The minimum atomic E-state index is -0.526. The van der Waals surface area contributed by atoms with Crippen LogP contribution in [0.15, 0.2) is 0 Å². The van der Waals surface area contributed by atoms with Gasteiger partial charge >= 0.3 is 5.97 Å². The molecule has 54 heavy (non-hydrogen) atoms. The van der Waals surface area contributed by atoms with Gasteiger partial charge in [0.15, 0.2) is 0 Å². The van der Waals surface area contributed by atoms with Gasteiger partial charge in [-0.1, -0.05) is 271 Å². The van der Waals surface area contributed by atoms with Crippen molar-refractivity contribution in [2.75, 3.05) is 19.8 Å². The highest BCUT2D eigenvalue weighted by Crippen LogP contribution is 2.17. The van der Waals surface area contributed by atoms with Crippen molar-refractivity contribution in [3.05, 3.63) is 0 Å². The normalized spacial score (nSPS) is 12.1. The molecule has 0 fully saturated rings. The van der Waals surface area contributed by atoms with Crippen molar-refractivity contribution in [2.45, 2.75) is 296 Å². The molecule has 0 rings (SSSR count). The molecule has 0 radical (unpaired) electrons. The molecule has 0 aliphatic heterocycles. The van der Waals surface area contributed by atoms with Gasteiger partial charge in [-0.05, 0) is 12.8 Å². The van der Waals surface area contributed by atoms with E-state index in [9.17, 15) is 9.90 Å². The first-order chi connectivity index (χ1) is 26.7. The van der Waals surface area contributed by atoms with Gasteiger partial charge in [0.05, 0.1) is 13.2 Å². The number of esters is 1. The van der Waals surface area contributed by atoms with E-state index in [0.717, 1.165) is 19.3 Å². The van der Waals surface area contributed by atoms with Gasteiger partial charge in [-0.15, -0.1) is 0 Å². The van der Waals surface area contributed by atoms with Crippen molar-refractivity contribution in [3.8, 4) is 0 Å². The lowest BCUT2D eigenvalue weighted by molar-refractivity contribution is -0.154. The molecule has 0 aromatic carbocycles. The molecular formula is C50H100O4. The first kappa shape index (κ1) is 53.4. The number of rotatable bonds is 48. The van der Waals surface area contributed by atoms with Gasteiger partial charge in [-0.3, -0.25) is 4.79 Å². The Kier molecular flexibility index (Phi) is 48.0. The Hall–Kier alpha value is -0.610. The van der Waals surface area contributed by atoms with Gasteiger partial charge in [-0.25, -0.2) is 0 Å². The van der Waals surface area contributed by atoms with Crippen molar-refractivity contribution in [1.82, 2.24) is 0 Å². The molecule has 0 saturated heterocycles. The van der Waals surface area contributed by atoms with Gasteiger partial charge in [0, 0.05) is 13.0 Å². The average molecular weight is 765 g/mol. The summed E-state index contributed by atoms with van der Waals surface area (Å²) < 4.78 is 11.2. The zero-order valence-corrected chi connectivity index (χ0v) is 37.3. The zero-order chi connectivity index (χ0) is 39.1. The van der Waals surface area contributed by atoms with E-state index in [4.69, 9.17) is 9.47 Å². The summed E-state index contributed by atoms with van der Waals surface area (Å²) in [5.41, 5.74) is 0. The average Bonchev–Trinajstić information content (AvgIpc) is 3.18. The fourth-order valence-corrected chi connectivity index (χ4v) is 7.92. The topological polar surface area (TPSA) is 55.8 Å². The molecule has 0 amide bonds. The van der Waals surface area contributed by atoms with Crippen molar-refractivity contribution < 1.29 is 19.4 Å². The first-order valence-corrected chi connectivity index (χ1v) is 25.1. The largest absolute Gasteiger partial charge is 0.457 e. The monoisotopic (exact) mass is 765 g/mol. The number of carbonyl (C=O) groups excluding carboxylic acids is 1. The standard InChI is InChI=1S/C50H100O4/c1-3-5-7-9-11-13-15-17-19-21-23-25-27-29-31-33-35-37-39-41-43-45-50(52)54-49(47-51)48-53-46-44-42-40-38-36-34-32-30-28-26-24-22-20-18-16-14-12-10-8-6-4-2/h49,51H,3-48H2,1-2H3. The number of hydrogen-bond acceptors (Lipinski definition) is 4. The summed E-state index contributed by atoms with van der Waals surface area (Å²) in [7, 11) is 0. The minimum absolute atomic E-state index is 0.162. The van der Waals surface area contributed by atoms with Gasteiger partial charge in [0.25, 0.3) is 0 Å². The molecule has 0 heterocycles. The van der Waals surface area contributed by atoms with Gasteiger partial charge < -0.3 is 14.6 Å². The lowest BCUT2D eigenvalue weighted by atomic mass is 10.0. The predicted molar refractivity (Wildman–Crippen MR) is 238 cm³/mol. The summed E-state index contributed by atoms with van der Waals surface area (Å²) in [5, 5.41) is 9.64. The van der Waals surface area contributed by atoms with Gasteiger partial charge in [0.1, 0.15) is 6.10 Å². The molecule has 1 N–H and O–H groups in total. The molecule has 324 valence electrons. The highest BCUT2D eigenvalue weighted by Gasteiger charge is 2.13. The van der Waals surface area contributed by atoms with E-state index in [1.165, 1.54) is 250 Å². The van der Waals surface area contributed by atoms with Crippen LogP contribution in [-0.2, 0) is 14.3 Å². The van der Waals surface area contributed by atoms with Crippen LogP contribution in [0, 0.1) is 0 Å². The Morgan fingerprint density at radius 3 is 0.870 bits per heavy atom. The molecule has 4 nitrogen and oxygen atoms in total. The van der Waals surface area contributed by atoms with Crippen LogP contribution in [0.1, 0.15) is 290 Å². The molecule has 0 aliphatic rings. The highest BCUT2D eigenvalue weighted by atomic mass is 16.6. The predicted octanol–water partition coefficient (Wildman–Crippen LogP) is 16.7. The highest BCUT2D eigenvalue weighted by molar-refractivity contribution is 5.69. The Morgan fingerprint density at radius 1 is 0.370 bits per heavy atom. The third-order valence-corrected chi connectivity index (χ3v) is 11.7. The second-order valence-corrected chi connectivity index (χ2v) is 17.3. The van der Waals surface area contributed by atoms with Gasteiger partial charge in [-0.2, -0.15) is 0 Å². The maximum absolute atomic E-state index is 12.3. The Balaban J connectivity index is 3.32. The Labute approximate surface area is 340 Å². The van der Waals surface area contributed by atoms with Crippen molar-refractivity contribution in [3.63, 3.8) is 0 Å². The van der Waals surface area contributed by atoms with E-state index < -0.39 is 6.10 Å². The van der Waals surface area contributed by atoms with Crippen LogP contribution in [0.25, 0.3) is 0 Å². The fraction of sp³-hybridized carbons (Fsp3) is 0.980. The van der Waals surface area contributed by atoms with Crippen molar-refractivity contribution in [2.24, 2.45) is 0 Å². The van der Waals surface area contributed by atoms with Crippen LogP contribution in [0.4, 0.5) is 0 Å². The van der Waals surface area contributed by atoms with Crippen LogP contribution >= 0.6 is 0 Å². The lowest BCUT2D eigenvalue weighted by Crippen LogP contribution is -2.27. The quantitative estimate of drug-likeness (QED) is 0.0495. The third-order valence-electron chi connectivity index (χ3n) is 11.7. The smallest absolute Gasteiger partial charge is 0.306 e. The zero-order valence-electron chi connectivity index (χ0n) is 37.3. The molecule has 4 heteroatoms.